The number of hydrogen-bond donors (Lipinski definition) is 1. The first-order chi connectivity index (χ1) is 8.54. The van der Waals surface area contributed by atoms with Crippen LogP contribution in [0.4, 0.5) is 0 Å². The average Bonchev–Trinajstić information content (AvgIpc) is 2.37. The Morgan fingerprint density at radius 3 is 2.67 bits per heavy atom. The molecule has 1 N–H and O–H groups in total. The molecule has 1 saturated heterocycles. The standard InChI is InChI=1S/C15H28N2O/c1-15(2)9-5-4-8-13(15)14(18)17-10-6-7-12(11-17)16-3/h12-13,16H,4-11H2,1-3H3. The van der Waals surface area contributed by atoms with Crippen molar-refractivity contribution in [1.29, 1.82) is 0 Å². The van der Waals surface area contributed by atoms with E-state index in [1.54, 1.807) is 0 Å². The molecule has 0 aromatic rings. The first-order valence-corrected chi connectivity index (χ1v) is 7.50. The van der Waals surface area contributed by atoms with Crippen molar-refractivity contribution in [2.45, 2.75) is 58.4 Å². The van der Waals surface area contributed by atoms with Gasteiger partial charge < -0.3 is 10.2 Å². The number of likely N-dealkylation sites (tertiary alicyclic amines) is 1. The Morgan fingerprint density at radius 2 is 2.00 bits per heavy atom. The zero-order chi connectivity index (χ0) is 13.2. The zero-order valence-electron chi connectivity index (χ0n) is 12.2. The second-order valence-electron chi connectivity index (χ2n) is 6.70. The Morgan fingerprint density at radius 1 is 1.22 bits per heavy atom. The molecule has 3 heteroatoms. The van der Waals surface area contributed by atoms with Gasteiger partial charge in [0.1, 0.15) is 0 Å². The van der Waals surface area contributed by atoms with Crippen LogP contribution in [0.2, 0.25) is 0 Å². The number of rotatable bonds is 2. The third-order valence-electron chi connectivity index (χ3n) is 4.95. The Hall–Kier alpha value is -0.570. The van der Waals surface area contributed by atoms with Gasteiger partial charge in [0.2, 0.25) is 5.91 Å². The molecule has 18 heavy (non-hydrogen) atoms. The van der Waals surface area contributed by atoms with Gasteiger partial charge in [-0.3, -0.25) is 4.79 Å². The summed E-state index contributed by atoms with van der Waals surface area (Å²) < 4.78 is 0. The lowest BCUT2D eigenvalue weighted by molar-refractivity contribution is -0.142. The Labute approximate surface area is 111 Å². The summed E-state index contributed by atoms with van der Waals surface area (Å²) in [7, 11) is 2.00. The van der Waals surface area contributed by atoms with Gasteiger partial charge in [0, 0.05) is 25.0 Å². The molecule has 0 aromatic carbocycles. The third-order valence-corrected chi connectivity index (χ3v) is 4.95. The van der Waals surface area contributed by atoms with Crippen molar-refractivity contribution < 1.29 is 4.79 Å². The van der Waals surface area contributed by atoms with Gasteiger partial charge >= 0.3 is 0 Å². The van der Waals surface area contributed by atoms with E-state index in [0.717, 1.165) is 25.9 Å². The second kappa shape index (κ2) is 5.60. The van der Waals surface area contributed by atoms with Gasteiger partial charge in [-0.25, -0.2) is 0 Å². The molecule has 1 heterocycles. The minimum absolute atomic E-state index is 0.196. The Bertz CT molecular complexity index is 301. The van der Waals surface area contributed by atoms with E-state index in [0.29, 0.717) is 11.9 Å². The van der Waals surface area contributed by atoms with Crippen LogP contribution in [0.25, 0.3) is 0 Å². The van der Waals surface area contributed by atoms with Crippen LogP contribution in [0, 0.1) is 11.3 Å². The summed E-state index contributed by atoms with van der Waals surface area (Å²) in [5.74, 6) is 0.668. The lowest BCUT2D eigenvalue weighted by Gasteiger charge is -2.42. The molecule has 2 atom stereocenters. The number of nitrogens with zero attached hydrogens (tertiary/aromatic N) is 1. The predicted molar refractivity (Wildman–Crippen MR) is 74.4 cm³/mol. The van der Waals surface area contributed by atoms with Crippen LogP contribution in [-0.4, -0.2) is 37.0 Å². The highest BCUT2D eigenvalue weighted by Gasteiger charge is 2.39. The van der Waals surface area contributed by atoms with Crippen LogP contribution in [0.5, 0.6) is 0 Å². The number of amides is 1. The van der Waals surface area contributed by atoms with E-state index in [9.17, 15) is 4.79 Å². The molecule has 0 aromatic heterocycles. The smallest absolute Gasteiger partial charge is 0.226 e. The summed E-state index contributed by atoms with van der Waals surface area (Å²) in [5.41, 5.74) is 0.196. The maximum Gasteiger partial charge on any atom is 0.226 e. The quantitative estimate of drug-likeness (QED) is 0.818. The number of nitrogens with one attached hydrogen (secondary N) is 1. The minimum Gasteiger partial charge on any atom is -0.341 e. The van der Waals surface area contributed by atoms with Gasteiger partial charge in [0.25, 0.3) is 0 Å². The summed E-state index contributed by atoms with van der Waals surface area (Å²) in [6.07, 6.45) is 7.15. The van der Waals surface area contributed by atoms with E-state index < -0.39 is 0 Å². The molecule has 1 amide bonds. The maximum atomic E-state index is 12.7. The molecule has 2 fully saturated rings. The molecule has 104 valence electrons. The van der Waals surface area contributed by atoms with Crippen LogP contribution < -0.4 is 5.32 Å². The number of piperidine rings is 1. The first kappa shape index (κ1) is 13.9. The van der Waals surface area contributed by atoms with E-state index in [4.69, 9.17) is 0 Å². The van der Waals surface area contributed by atoms with Gasteiger partial charge in [-0.05, 0) is 38.1 Å². The zero-order valence-corrected chi connectivity index (χ0v) is 12.2. The van der Waals surface area contributed by atoms with Crippen molar-refractivity contribution in [2.75, 3.05) is 20.1 Å². The SMILES string of the molecule is CNC1CCCN(C(=O)C2CCCCC2(C)C)C1. The van der Waals surface area contributed by atoms with Crippen molar-refractivity contribution in [3.05, 3.63) is 0 Å². The van der Waals surface area contributed by atoms with Crippen LogP contribution in [0.15, 0.2) is 0 Å². The molecule has 0 spiro atoms. The summed E-state index contributed by atoms with van der Waals surface area (Å²) in [5, 5.41) is 3.32. The van der Waals surface area contributed by atoms with Crippen molar-refractivity contribution in [2.24, 2.45) is 11.3 Å². The molecule has 2 rings (SSSR count). The molecule has 2 aliphatic rings. The van der Waals surface area contributed by atoms with E-state index in [2.05, 4.69) is 24.1 Å². The fraction of sp³-hybridized carbons (Fsp3) is 0.933. The number of carbonyl (C=O) groups excluding carboxylic acids is 1. The lowest BCUT2D eigenvalue weighted by Crippen LogP contribution is -2.51. The lowest BCUT2D eigenvalue weighted by atomic mass is 9.68. The largest absolute Gasteiger partial charge is 0.341 e. The minimum atomic E-state index is 0.196. The summed E-state index contributed by atoms with van der Waals surface area (Å²) in [6, 6.07) is 0.495. The van der Waals surface area contributed by atoms with Crippen LogP contribution >= 0.6 is 0 Å². The Balaban J connectivity index is 2.01. The van der Waals surface area contributed by atoms with E-state index in [1.807, 2.05) is 7.05 Å². The fourth-order valence-electron chi connectivity index (χ4n) is 3.59. The highest BCUT2D eigenvalue weighted by molar-refractivity contribution is 5.80. The highest BCUT2D eigenvalue weighted by Crippen LogP contribution is 2.41. The van der Waals surface area contributed by atoms with Gasteiger partial charge in [-0.15, -0.1) is 0 Å². The molecule has 1 aliphatic heterocycles. The maximum absolute atomic E-state index is 12.7. The molecular formula is C15H28N2O. The molecule has 3 nitrogen and oxygen atoms in total. The van der Waals surface area contributed by atoms with Gasteiger partial charge in [0.15, 0.2) is 0 Å². The van der Waals surface area contributed by atoms with Gasteiger partial charge in [-0.1, -0.05) is 26.7 Å². The average molecular weight is 252 g/mol. The van der Waals surface area contributed by atoms with E-state index >= 15 is 0 Å². The van der Waals surface area contributed by atoms with Crippen LogP contribution in [0.1, 0.15) is 52.4 Å². The van der Waals surface area contributed by atoms with Crippen molar-refractivity contribution >= 4 is 5.91 Å². The summed E-state index contributed by atoms with van der Waals surface area (Å²) >= 11 is 0. The first-order valence-electron chi connectivity index (χ1n) is 7.50. The van der Waals surface area contributed by atoms with E-state index in [-0.39, 0.29) is 11.3 Å². The molecular weight excluding hydrogens is 224 g/mol. The molecule has 1 saturated carbocycles. The van der Waals surface area contributed by atoms with Crippen molar-refractivity contribution in [1.82, 2.24) is 10.2 Å². The molecule has 0 radical (unpaired) electrons. The molecule has 0 bridgehead atoms. The van der Waals surface area contributed by atoms with Crippen molar-refractivity contribution in [3.63, 3.8) is 0 Å². The predicted octanol–water partition coefficient (Wildman–Crippen LogP) is 2.41. The van der Waals surface area contributed by atoms with Crippen molar-refractivity contribution in [3.8, 4) is 0 Å². The number of likely N-dealkylation sites (N-methyl/N-ethyl adjacent to an activating group) is 1. The highest BCUT2D eigenvalue weighted by atomic mass is 16.2. The van der Waals surface area contributed by atoms with E-state index in [1.165, 1.54) is 25.7 Å². The van der Waals surface area contributed by atoms with Crippen LogP contribution in [0.3, 0.4) is 0 Å². The van der Waals surface area contributed by atoms with Crippen LogP contribution in [-0.2, 0) is 4.79 Å². The third kappa shape index (κ3) is 2.87. The fourth-order valence-corrected chi connectivity index (χ4v) is 3.59. The monoisotopic (exact) mass is 252 g/mol. The number of carbonyl (C=O) groups is 1. The topological polar surface area (TPSA) is 32.3 Å². The second-order valence-corrected chi connectivity index (χ2v) is 6.70. The summed E-state index contributed by atoms with van der Waals surface area (Å²) in [6.45, 7) is 6.41. The Kier molecular flexibility index (Phi) is 4.31. The molecule has 1 aliphatic carbocycles. The number of hydrogen-bond acceptors (Lipinski definition) is 2. The van der Waals surface area contributed by atoms with Gasteiger partial charge in [0.05, 0.1) is 0 Å². The summed E-state index contributed by atoms with van der Waals surface area (Å²) in [4.78, 5) is 14.8. The van der Waals surface area contributed by atoms with Gasteiger partial charge in [-0.2, -0.15) is 0 Å². The molecule has 2 unspecified atom stereocenters. The normalized spacial score (nSPS) is 32.3.